The van der Waals surface area contributed by atoms with E-state index in [1.165, 1.54) is 96.3 Å². The Morgan fingerprint density at radius 3 is 2.03 bits per heavy atom. The summed E-state index contributed by atoms with van der Waals surface area (Å²) >= 11 is 0. The van der Waals surface area contributed by atoms with E-state index < -0.39 is 11.6 Å². The third-order valence-electron chi connectivity index (χ3n) is 10.6. The maximum Gasteiger partial charge on any atom is 0.162 e. The molecule has 3 fully saturated rings. The fourth-order valence-corrected chi connectivity index (χ4v) is 7.96. The molecule has 0 aliphatic heterocycles. The highest BCUT2D eigenvalue weighted by Gasteiger charge is 2.32. The normalized spacial score (nSPS) is 31.1. The fourth-order valence-electron chi connectivity index (χ4n) is 7.96. The second-order valence-electron chi connectivity index (χ2n) is 13.0. The Hall–Kier alpha value is -1.18. The van der Waals surface area contributed by atoms with Gasteiger partial charge in [-0.25, -0.2) is 8.78 Å². The monoisotopic (exact) mass is 512 g/mol. The van der Waals surface area contributed by atoms with Crippen molar-refractivity contribution in [2.45, 2.75) is 142 Å². The molecule has 0 N–H and O–H groups in total. The van der Waals surface area contributed by atoms with Crippen molar-refractivity contribution in [3.63, 3.8) is 0 Å². The van der Waals surface area contributed by atoms with Crippen molar-refractivity contribution in [1.82, 2.24) is 0 Å². The quantitative estimate of drug-likeness (QED) is 0.204. The summed E-state index contributed by atoms with van der Waals surface area (Å²) in [4.78, 5) is 0. The lowest BCUT2D eigenvalue weighted by molar-refractivity contribution is 0.158. The van der Waals surface area contributed by atoms with Crippen molar-refractivity contribution in [3.8, 4) is 0 Å². The van der Waals surface area contributed by atoms with E-state index in [-0.39, 0.29) is 5.92 Å². The highest BCUT2D eigenvalue weighted by molar-refractivity contribution is 5.30. The number of halogens is 2. The Morgan fingerprint density at radius 1 is 0.730 bits per heavy atom. The van der Waals surface area contributed by atoms with Crippen LogP contribution in [0, 0.1) is 41.2 Å². The summed E-state index contributed by atoms with van der Waals surface area (Å²) in [6.45, 7) is 4.60. The minimum atomic E-state index is -0.585. The number of hydrogen-bond donors (Lipinski definition) is 0. The number of unbranched alkanes of at least 4 members (excludes halogenated alkanes) is 2. The van der Waals surface area contributed by atoms with Crippen LogP contribution in [0.25, 0.3) is 0 Å². The molecule has 37 heavy (non-hydrogen) atoms. The van der Waals surface area contributed by atoms with Gasteiger partial charge in [-0.2, -0.15) is 0 Å². The summed E-state index contributed by atoms with van der Waals surface area (Å²) in [6, 6.07) is 3.79. The van der Waals surface area contributed by atoms with E-state index in [1.807, 2.05) is 12.1 Å². The fraction of sp³-hybridized carbons (Fsp3) is 0.771. The molecule has 208 valence electrons. The zero-order valence-corrected chi connectivity index (χ0v) is 24.0. The van der Waals surface area contributed by atoms with Gasteiger partial charge in [0.2, 0.25) is 0 Å². The maximum absolute atomic E-state index is 15.1. The molecule has 0 bridgehead atoms. The van der Waals surface area contributed by atoms with Crippen LogP contribution >= 0.6 is 0 Å². The van der Waals surface area contributed by atoms with Gasteiger partial charge in [0.15, 0.2) is 11.6 Å². The third kappa shape index (κ3) is 8.15. The van der Waals surface area contributed by atoms with Gasteiger partial charge < -0.3 is 0 Å². The summed E-state index contributed by atoms with van der Waals surface area (Å²) in [6.07, 6.45) is 28.1. The predicted octanol–water partition coefficient (Wildman–Crippen LogP) is 11.3. The van der Waals surface area contributed by atoms with E-state index >= 15 is 8.78 Å². The lowest BCUT2D eigenvalue weighted by atomic mass is 9.68. The number of hydrogen-bond acceptors (Lipinski definition) is 0. The molecule has 3 aliphatic rings. The Kier molecular flexibility index (Phi) is 11.6. The van der Waals surface area contributed by atoms with Gasteiger partial charge >= 0.3 is 0 Å². The molecule has 1 aromatic rings. The minimum absolute atomic E-state index is 0.198. The van der Waals surface area contributed by atoms with Crippen molar-refractivity contribution < 1.29 is 8.78 Å². The molecule has 0 nitrogen and oxygen atoms in total. The first kappa shape index (κ1) is 28.8. The van der Waals surface area contributed by atoms with Crippen LogP contribution in [0.3, 0.4) is 0 Å². The van der Waals surface area contributed by atoms with E-state index in [1.54, 1.807) is 0 Å². The van der Waals surface area contributed by atoms with Crippen LogP contribution in [0.15, 0.2) is 24.3 Å². The largest absolute Gasteiger partial charge is 0.203 e. The summed E-state index contributed by atoms with van der Waals surface area (Å²) < 4.78 is 30.1. The van der Waals surface area contributed by atoms with Crippen LogP contribution in [0.2, 0.25) is 0 Å². The summed E-state index contributed by atoms with van der Waals surface area (Å²) in [5.74, 6) is 3.30. The second kappa shape index (κ2) is 14.8. The van der Waals surface area contributed by atoms with E-state index in [2.05, 4.69) is 26.0 Å². The molecule has 0 amide bonds. The molecular formula is C35H54F2. The maximum atomic E-state index is 15.1. The van der Waals surface area contributed by atoms with Crippen LogP contribution in [-0.2, 0) is 6.42 Å². The Labute approximate surface area is 227 Å². The average molecular weight is 513 g/mol. The first-order valence-corrected chi connectivity index (χ1v) is 16.2. The van der Waals surface area contributed by atoms with Gasteiger partial charge in [0, 0.05) is 0 Å². The topological polar surface area (TPSA) is 0 Å². The van der Waals surface area contributed by atoms with Crippen molar-refractivity contribution in [3.05, 3.63) is 47.0 Å². The molecule has 3 saturated carbocycles. The van der Waals surface area contributed by atoms with E-state index in [9.17, 15) is 0 Å². The number of aryl methyl sites for hydroxylation is 1. The van der Waals surface area contributed by atoms with Gasteiger partial charge in [0.25, 0.3) is 0 Å². The molecule has 1 aromatic carbocycles. The number of rotatable bonds is 11. The standard InChI is InChI=1S/C35H54F2/c1-3-5-6-9-27-12-14-28(15-13-27)10-7-8-11-32-24-25-33(35(37)34(32)36)31-22-20-30(21-23-31)29-18-16-26(4-2)17-19-29/h7,10,24-31H,3-6,8-9,11-23H2,1-2H3/b10-7+. The summed E-state index contributed by atoms with van der Waals surface area (Å²) in [5.41, 5.74) is 1.19. The summed E-state index contributed by atoms with van der Waals surface area (Å²) in [5, 5.41) is 0. The molecule has 0 unspecified atom stereocenters. The smallest absolute Gasteiger partial charge is 0.162 e. The Bertz CT molecular complexity index is 818. The molecule has 0 spiro atoms. The molecular weight excluding hydrogens is 458 g/mol. The van der Waals surface area contributed by atoms with E-state index in [0.29, 0.717) is 23.5 Å². The molecule has 2 heteroatoms. The van der Waals surface area contributed by atoms with Gasteiger partial charge in [0.05, 0.1) is 0 Å². The van der Waals surface area contributed by atoms with Crippen LogP contribution in [0.4, 0.5) is 8.78 Å². The first-order chi connectivity index (χ1) is 18.1. The molecule has 0 atom stereocenters. The van der Waals surface area contributed by atoms with Gasteiger partial charge in [-0.15, -0.1) is 0 Å². The van der Waals surface area contributed by atoms with Crippen LogP contribution in [-0.4, -0.2) is 0 Å². The van der Waals surface area contributed by atoms with Gasteiger partial charge in [0.1, 0.15) is 0 Å². The first-order valence-electron chi connectivity index (χ1n) is 16.2. The van der Waals surface area contributed by atoms with Crippen molar-refractivity contribution >= 4 is 0 Å². The van der Waals surface area contributed by atoms with E-state index in [0.717, 1.165) is 42.9 Å². The average Bonchev–Trinajstić information content (AvgIpc) is 2.94. The van der Waals surface area contributed by atoms with Gasteiger partial charge in [-0.1, -0.05) is 83.1 Å². The highest BCUT2D eigenvalue weighted by Crippen LogP contribution is 2.45. The SMILES string of the molecule is CCCCCC1CCC(/C=C/CCc2ccc(C3CCC(C4CCC(CC)CC4)CC3)c(F)c2F)CC1. The minimum Gasteiger partial charge on any atom is -0.203 e. The van der Waals surface area contributed by atoms with E-state index in [4.69, 9.17) is 0 Å². The summed E-state index contributed by atoms with van der Waals surface area (Å²) in [7, 11) is 0. The molecule has 4 rings (SSSR count). The molecule has 0 radical (unpaired) electrons. The van der Waals surface area contributed by atoms with Gasteiger partial charge in [-0.05, 0) is 124 Å². The Balaban J connectivity index is 1.20. The zero-order chi connectivity index (χ0) is 26.0. The third-order valence-corrected chi connectivity index (χ3v) is 10.6. The van der Waals surface area contributed by atoms with Gasteiger partial charge in [-0.3, -0.25) is 0 Å². The van der Waals surface area contributed by atoms with Crippen LogP contribution in [0.1, 0.15) is 146 Å². The van der Waals surface area contributed by atoms with Crippen LogP contribution < -0.4 is 0 Å². The molecule has 3 aliphatic carbocycles. The number of benzene rings is 1. The lowest BCUT2D eigenvalue weighted by Gasteiger charge is -2.38. The van der Waals surface area contributed by atoms with Crippen LogP contribution in [0.5, 0.6) is 0 Å². The predicted molar refractivity (Wildman–Crippen MR) is 154 cm³/mol. The second-order valence-corrected chi connectivity index (χ2v) is 13.0. The zero-order valence-electron chi connectivity index (χ0n) is 24.0. The Morgan fingerprint density at radius 2 is 1.38 bits per heavy atom. The molecule has 0 aromatic heterocycles. The number of allylic oxidation sites excluding steroid dienone is 2. The van der Waals surface area contributed by atoms with Crippen molar-refractivity contribution in [2.75, 3.05) is 0 Å². The molecule has 0 heterocycles. The highest BCUT2D eigenvalue weighted by atomic mass is 19.2. The van der Waals surface area contributed by atoms with Crippen molar-refractivity contribution in [2.24, 2.45) is 29.6 Å². The molecule has 0 saturated heterocycles. The van der Waals surface area contributed by atoms with Crippen molar-refractivity contribution in [1.29, 1.82) is 0 Å². The lowest BCUT2D eigenvalue weighted by Crippen LogP contribution is -2.25.